The lowest BCUT2D eigenvalue weighted by Gasteiger charge is -2.39. The highest BCUT2D eigenvalue weighted by molar-refractivity contribution is 6.74. The van der Waals surface area contributed by atoms with E-state index in [1.165, 1.54) is 44.9 Å². The van der Waals surface area contributed by atoms with Gasteiger partial charge in [0.2, 0.25) is 0 Å². The molecule has 0 amide bonds. The van der Waals surface area contributed by atoms with E-state index in [1.54, 1.807) is 0 Å². The number of rotatable bonds is 15. The van der Waals surface area contributed by atoms with Crippen LogP contribution in [0.15, 0.2) is 12.7 Å². The first-order chi connectivity index (χ1) is 13.6. The minimum absolute atomic E-state index is 0.0582. The van der Waals surface area contributed by atoms with Crippen molar-refractivity contribution in [3.8, 4) is 0 Å². The summed E-state index contributed by atoms with van der Waals surface area (Å²) in [5, 5.41) is 11.0. The first kappa shape index (κ1) is 26.9. The molecule has 1 saturated heterocycles. The third-order valence-electron chi connectivity index (χ3n) is 6.91. The number of hydrogen-bond donors (Lipinski definition) is 1. The van der Waals surface area contributed by atoms with Gasteiger partial charge in [-0.05, 0) is 43.8 Å². The maximum Gasteiger partial charge on any atom is 0.192 e. The van der Waals surface area contributed by atoms with Gasteiger partial charge < -0.3 is 14.3 Å². The normalized spacial score (nSPS) is 24.0. The second-order valence-electron chi connectivity index (χ2n) is 10.6. The van der Waals surface area contributed by atoms with Crippen molar-refractivity contribution >= 4 is 8.32 Å². The van der Waals surface area contributed by atoms with E-state index in [0.717, 1.165) is 32.1 Å². The van der Waals surface area contributed by atoms with Crippen LogP contribution < -0.4 is 0 Å². The fourth-order valence-corrected chi connectivity index (χ4v) is 5.24. The zero-order valence-corrected chi connectivity index (χ0v) is 21.3. The Labute approximate surface area is 182 Å². The Hall–Kier alpha value is -0.163. The zero-order chi connectivity index (χ0) is 21.9. The summed E-state index contributed by atoms with van der Waals surface area (Å²) in [4.78, 5) is 0. The number of unbranched alkanes of at least 4 members (excludes halogenated alkanes) is 7. The first-order valence-electron chi connectivity index (χ1n) is 12.2. The Morgan fingerprint density at radius 2 is 1.76 bits per heavy atom. The van der Waals surface area contributed by atoms with Crippen molar-refractivity contribution in [3.05, 3.63) is 12.7 Å². The van der Waals surface area contributed by atoms with Crippen LogP contribution in [0.5, 0.6) is 0 Å². The molecule has 4 atom stereocenters. The number of hydrogen-bond acceptors (Lipinski definition) is 3. The molecule has 0 radical (unpaired) electrons. The van der Waals surface area contributed by atoms with Crippen LogP contribution in [-0.4, -0.2) is 37.8 Å². The molecule has 0 aromatic carbocycles. The van der Waals surface area contributed by atoms with Crippen molar-refractivity contribution in [2.75, 3.05) is 0 Å². The summed E-state index contributed by atoms with van der Waals surface area (Å²) >= 11 is 0. The van der Waals surface area contributed by atoms with Crippen molar-refractivity contribution in [2.24, 2.45) is 0 Å². The van der Waals surface area contributed by atoms with Crippen molar-refractivity contribution < 1.29 is 14.3 Å². The summed E-state index contributed by atoms with van der Waals surface area (Å²) in [7, 11) is -1.84. The van der Waals surface area contributed by atoms with E-state index >= 15 is 0 Å². The fraction of sp³-hybridized carbons (Fsp3) is 0.920. The van der Waals surface area contributed by atoms with E-state index < -0.39 is 8.32 Å². The summed E-state index contributed by atoms with van der Waals surface area (Å²) < 4.78 is 13.1. The molecule has 1 rings (SSSR count). The average molecular weight is 427 g/mol. The molecule has 4 heteroatoms. The lowest BCUT2D eigenvalue weighted by atomic mass is 10.0. The molecule has 0 aromatic rings. The largest absolute Gasteiger partial charge is 0.411 e. The summed E-state index contributed by atoms with van der Waals surface area (Å²) in [6.45, 7) is 17.6. The van der Waals surface area contributed by atoms with Gasteiger partial charge in [-0.1, -0.05) is 78.7 Å². The van der Waals surface area contributed by atoms with Gasteiger partial charge in [0.25, 0.3) is 0 Å². The molecule has 0 aromatic heterocycles. The molecule has 0 aliphatic carbocycles. The van der Waals surface area contributed by atoms with Crippen molar-refractivity contribution in [1.29, 1.82) is 0 Å². The summed E-state index contributed by atoms with van der Waals surface area (Å²) in [5.41, 5.74) is 0. The minimum atomic E-state index is -1.84. The van der Waals surface area contributed by atoms with E-state index in [1.807, 2.05) is 6.08 Å². The number of aliphatic hydroxyl groups excluding tert-OH is 1. The Morgan fingerprint density at radius 3 is 2.38 bits per heavy atom. The Morgan fingerprint density at radius 1 is 1.10 bits per heavy atom. The Balaban J connectivity index is 2.53. The van der Waals surface area contributed by atoms with Gasteiger partial charge in [0.1, 0.15) is 0 Å². The van der Waals surface area contributed by atoms with Crippen molar-refractivity contribution in [2.45, 2.75) is 147 Å². The van der Waals surface area contributed by atoms with E-state index in [4.69, 9.17) is 9.16 Å². The lowest BCUT2D eigenvalue weighted by molar-refractivity contribution is -0.0488. The minimum Gasteiger partial charge on any atom is -0.411 e. The average Bonchev–Trinajstić information content (AvgIpc) is 3.02. The van der Waals surface area contributed by atoms with Crippen LogP contribution in [0.25, 0.3) is 0 Å². The maximum absolute atomic E-state index is 10.8. The Bertz CT molecular complexity index is 444. The number of allylic oxidation sites excluding steroid dienone is 1. The molecule has 1 heterocycles. The first-order valence-corrected chi connectivity index (χ1v) is 15.2. The van der Waals surface area contributed by atoms with Gasteiger partial charge in [-0.3, -0.25) is 0 Å². The molecule has 1 N–H and O–H groups in total. The summed E-state index contributed by atoms with van der Waals surface area (Å²) in [6.07, 6.45) is 15.4. The van der Waals surface area contributed by atoms with E-state index in [0.29, 0.717) is 0 Å². The number of ether oxygens (including phenoxy) is 1. The topological polar surface area (TPSA) is 38.7 Å². The van der Waals surface area contributed by atoms with Gasteiger partial charge in [0, 0.05) is 6.42 Å². The van der Waals surface area contributed by atoms with Gasteiger partial charge in [-0.25, -0.2) is 0 Å². The molecule has 1 aliphatic heterocycles. The molecular weight excluding hydrogens is 376 g/mol. The highest BCUT2D eigenvalue weighted by Crippen LogP contribution is 2.40. The van der Waals surface area contributed by atoms with Crippen LogP contribution in [0.3, 0.4) is 0 Å². The van der Waals surface area contributed by atoms with Gasteiger partial charge in [-0.15, -0.1) is 6.58 Å². The van der Waals surface area contributed by atoms with E-state index in [2.05, 4.69) is 47.4 Å². The zero-order valence-electron chi connectivity index (χ0n) is 20.3. The van der Waals surface area contributed by atoms with Crippen LogP contribution in [0, 0.1) is 0 Å². The SMILES string of the molecule is C=CCCCCCCC[C@H](O)[C@H]1C[C@H](O[Si](C)(C)C(C)(C)C)[C@H](CCCCC)O1. The molecule has 0 bridgehead atoms. The maximum atomic E-state index is 10.8. The second kappa shape index (κ2) is 13.3. The smallest absolute Gasteiger partial charge is 0.192 e. The van der Waals surface area contributed by atoms with Crippen LogP contribution in [0.1, 0.15) is 105 Å². The van der Waals surface area contributed by atoms with Crippen LogP contribution in [-0.2, 0) is 9.16 Å². The van der Waals surface area contributed by atoms with E-state index in [-0.39, 0.29) is 29.5 Å². The predicted octanol–water partition coefficient (Wildman–Crippen LogP) is 7.39. The van der Waals surface area contributed by atoms with Gasteiger partial charge >= 0.3 is 0 Å². The monoisotopic (exact) mass is 426 g/mol. The molecule has 1 fully saturated rings. The standard InChI is InChI=1S/C25H50O3Si/c1-8-10-12-13-14-15-17-18-21(26)23-20-24(22(27-23)19-16-11-9-2)28-29(6,7)25(3,4)5/h8,21-24,26H,1,9-20H2,2-7H3/t21-,22-,23+,24-/m0/s1. The van der Waals surface area contributed by atoms with Gasteiger partial charge in [-0.2, -0.15) is 0 Å². The quantitative estimate of drug-likeness (QED) is 0.168. The third kappa shape index (κ3) is 9.67. The molecule has 1 aliphatic rings. The number of aliphatic hydroxyl groups is 1. The highest BCUT2D eigenvalue weighted by atomic mass is 28.4. The van der Waals surface area contributed by atoms with Crippen molar-refractivity contribution in [1.82, 2.24) is 0 Å². The van der Waals surface area contributed by atoms with Crippen LogP contribution >= 0.6 is 0 Å². The highest BCUT2D eigenvalue weighted by Gasteiger charge is 2.45. The molecule has 3 nitrogen and oxygen atoms in total. The summed E-state index contributed by atoms with van der Waals surface area (Å²) in [5.74, 6) is 0. The van der Waals surface area contributed by atoms with Gasteiger partial charge in [0.15, 0.2) is 8.32 Å². The van der Waals surface area contributed by atoms with E-state index in [9.17, 15) is 5.11 Å². The molecule has 172 valence electrons. The molecular formula is C25H50O3Si. The molecule has 29 heavy (non-hydrogen) atoms. The van der Waals surface area contributed by atoms with Gasteiger partial charge in [0.05, 0.1) is 24.4 Å². The Kier molecular flexibility index (Phi) is 12.3. The summed E-state index contributed by atoms with van der Waals surface area (Å²) in [6, 6.07) is 0. The molecule has 0 spiro atoms. The fourth-order valence-electron chi connectivity index (χ4n) is 3.88. The second-order valence-corrected chi connectivity index (χ2v) is 15.3. The molecule has 0 unspecified atom stereocenters. The van der Waals surface area contributed by atoms with Crippen molar-refractivity contribution in [3.63, 3.8) is 0 Å². The van der Waals surface area contributed by atoms with Crippen LogP contribution in [0.4, 0.5) is 0 Å². The van der Waals surface area contributed by atoms with Crippen LogP contribution in [0.2, 0.25) is 18.1 Å². The lowest BCUT2D eigenvalue weighted by Crippen LogP contribution is -2.46. The molecule has 0 saturated carbocycles. The predicted molar refractivity (Wildman–Crippen MR) is 128 cm³/mol. The third-order valence-corrected chi connectivity index (χ3v) is 11.4.